The Morgan fingerprint density at radius 1 is 1.44 bits per heavy atom. The first kappa shape index (κ1) is 23.8. The fourth-order valence-electron chi connectivity index (χ4n) is 4.73. The highest BCUT2D eigenvalue weighted by molar-refractivity contribution is 6.35. The number of carbonyl (C=O) groups excluding carboxylic acids is 2. The van der Waals surface area contributed by atoms with E-state index in [4.69, 9.17) is 27.0 Å². The largest absolute Gasteiger partial charge is 0.378 e. The van der Waals surface area contributed by atoms with Crippen LogP contribution < -0.4 is 10.6 Å². The van der Waals surface area contributed by atoms with Crippen LogP contribution in [-0.4, -0.2) is 46.0 Å². The number of rotatable bonds is 4. The fraction of sp³-hybridized carbons (Fsp3) is 0.417. The number of amides is 2. The van der Waals surface area contributed by atoms with Gasteiger partial charge in [-0.25, -0.2) is 0 Å². The third-order valence-electron chi connectivity index (χ3n) is 6.44. The van der Waals surface area contributed by atoms with Crippen molar-refractivity contribution in [1.82, 2.24) is 14.8 Å². The second kappa shape index (κ2) is 9.12. The van der Waals surface area contributed by atoms with Crippen molar-refractivity contribution >= 4 is 35.1 Å². The Labute approximate surface area is 203 Å². The minimum Gasteiger partial charge on any atom is -0.378 e. The van der Waals surface area contributed by atoms with Crippen LogP contribution in [0.1, 0.15) is 54.7 Å². The number of anilines is 1. The van der Waals surface area contributed by atoms with Gasteiger partial charge in [-0.1, -0.05) is 23.7 Å². The summed E-state index contributed by atoms with van der Waals surface area (Å²) in [4.78, 5) is 27.5. The maximum atomic E-state index is 13.2. The van der Waals surface area contributed by atoms with Crippen molar-refractivity contribution in [2.75, 3.05) is 11.9 Å². The van der Waals surface area contributed by atoms with Crippen LogP contribution in [0, 0.1) is 16.7 Å². The number of nitrogens with one attached hydrogen (secondary N) is 3. The minimum atomic E-state index is -0.918. The monoisotopic (exact) mass is 482 g/mol. The molecule has 2 aliphatic heterocycles. The highest BCUT2D eigenvalue weighted by Crippen LogP contribution is 2.38. The fourth-order valence-corrected chi connectivity index (χ4v) is 5.11. The summed E-state index contributed by atoms with van der Waals surface area (Å²) < 4.78 is 7.16. The van der Waals surface area contributed by atoms with E-state index < -0.39 is 11.4 Å². The second-order valence-electron chi connectivity index (χ2n) is 9.06. The van der Waals surface area contributed by atoms with E-state index in [1.54, 1.807) is 36.0 Å². The van der Waals surface area contributed by atoms with Crippen LogP contribution in [0.3, 0.4) is 0 Å². The van der Waals surface area contributed by atoms with Gasteiger partial charge in [0.1, 0.15) is 11.8 Å². The maximum absolute atomic E-state index is 13.2. The van der Waals surface area contributed by atoms with Gasteiger partial charge in [-0.05, 0) is 44.4 Å². The molecule has 178 valence electrons. The number of hydrogen-bond acceptors (Lipinski definition) is 5. The quantitative estimate of drug-likeness (QED) is 0.616. The summed E-state index contributed by atoms with van der Waals surface area (Å²) in [5, 5.41) is 23.9. The van der Waals surface area contributed by atoms with E-state index in [2.05, 4.69) is 10.6 Å². The van der Waals surface area contributed by atoms with E-state index in [9.17, 15) is 9.59 Å². The number of benzene rings is 1. The van der Waals surface area contributed by atoms with Crippen LogP contribution in [0.2, 0.25) is 5.02 Å². The first-order valence-corrected chi connectivity index (χ1v) is 11.5. The van der Waals surface area contributed by atoms with Gasteiger partial charge in [0, 0.05) is 25.9 Å². The number of carbonyl (C=O) groups is 2. The summed E-state index contributed by atoms with van der Waals surface area (Å²) in [6.07, 6.45) is 3.09. The summed E-state index contributed by atoms with van der Waals surface area (Å²) in [5.74, 6) is -0.520. The maximum Gasteiger partial charge on any atom is 0.272 e. The average Bonchev–Trinajstić information content (AvgIpc) is 3.15. The molecule has 10 heteroatoms. The van der Waals surface area contributed by atoms with Crippen molar-refractivity contribution < 1.29 is 14.3 Å². The number of nitriles is 1. The summed E-state index contributed by atoms with van der Waals surface area (Å²) in [7, 11) is 1.68. The second-order valence-corrected chi connectivity index (χ2v) is 9.44. The highest BCUT2D eigenvalue weighted by Gasteiger charge is 2.43. The summed E-state index contributed by atoms with van der Waals surface area (Å²) >= 11 is 6.71. The molecule has 0 aliphatic carbocycles. The zero-order chi connectivity index (χ0) is 24.6. The van der Waals surface area contributed by atoms with E-state index in [0.29, 0.717) is 42.0 Å². The Bertz CT molecular complexity index is 1180. The molecule has 2 aromatic rings. The number of nitrogens with zero attached hydrogens (tertiary/aromatic N) is 3. The van der Waals surface area contributed by atoms with Crippen LogP contribution in [-0.2, 0) is 22.1 Å². The number of aryl methyl sites for hydroxylation is 1. The number of guanidine groups is 1. The normalized spacial score (nSPS) is 25.0. The molecule has 2 fully saturated rings. The SMILES string of the molecule is C[C@@H]1C[C@H](N2C(=N)N[C@](C)(c3cccc(NC(=O)c4cc(C#N)cn4C)c3Cl)CC2=O)CCO1. The van der Waals surface area contributed by atoms with Crippen LogP contribution in [0.4, 0.5) is 5.69 Å². The highest BCUT2D eigenvalue weighted by atomic mass is 35.5. The van der Waals surface area contributed by atoms with Gasteiger partial charge in [0.15, 0.2) is 5.96 Å². The molecule has 0 spiro atoms. The Balaban J connectivity index is 1.57. The van der Waals surface area contributed by atoms with Crippen molar-refractivity contribution in [3.8, 4) is 6.07 Å². The lowest BCUT2D eigenvalue weighted by molar-refractivity contribution is -0.134. The standard InChI is InChI=1S/C24H27ClN6O3/c1-14-9-16(7-8-34-14)31-20(32)11-24(2,29-23(31)27)17-5-4-6-18(21(17)25)28-22(33)19-10-15(12-26)13-30(19)3/h4-6,10,13-14,16H,7-9,11H2,1-3H3,(H2,27,29)(H,28,33)/t14-,16-,24+/m1/s1. The third kappa shape index (κ3) is 4.39. The molecule has 3 heterocycles. The molecule has 3 atom stereocenters. The zero-order valence-corrected chi connectivity index (χ0v) is 20.1. The van der Waals surface area contributed by atoms with Crippen molar-refractivity contribution in [2.24, 2.45) is 7.05 Å². The molecule has 34 heavy (non-hydrogen) atoms. The predicted molar refractivity (Wildman–Crippen MR) is 128 cm³/mol. The first-order valence-electron chi connectivity index (χ1n) is 11.1. The molecule has 2 saturated heterocycles. The van der Waals surface area contributed by atoms with Crippen molar-refractivity contribution in [3.05, 3.63) is 52.3 Å². The molecule has 0 bridgehead atoms. The Kier molecular flexibility index (Phi) is 6.39. The van der Waals surface area contributed by atoms with Crippen LogP contribution in [0.25, 0.3) is 0 Å². The number of aromatic nitrogens is 1. The molecule has 2 aliphatic rings. The number of ether oxygens (including phenoxy) is 1. The molecular weight excluding hydrogens is 456 g/mol. The zero-order valence-electron chi connectivity index (χ0n) is 19.3. The van der Waals surface area contributed by atoms with Gasteiger partial charge in [0.2, 0.25) is 5.91 Å². The van der Waals surface area contributed by atoms with E-state index in [0.717, 1.165) is 0 Å². The molecule has 0 radical (unpaired) electrons. The Morgan fingerprint density at radius 2 is 2.21 bits per heavy atom. The minimum absolute atomic E-state index is 0.0378. The molecule has 2 amide bonds. The Morgan fingerprint density at radius 3 is 2.85 bits per heavy atom. The van der Waals surface area contributed by atoms with Gasteiger partial charge in [0.25, 0.3) is 5.91 Å². The number of halogens is 1. The molecule has 1 aromatic carbocycles. The lowest BCUT2D eigenvalue weighted by atomic mass is 9.85. The molecule has 1 aromatic heterocycles. The summed E-state index contributed by atoms with van der Waals surface area (Å²) in [6.45, 7) is 4.36. The average molecular weight is 483 g/mol. The van der Waals surface area contributed by atoms with Crippen LogP contribution >= 0.6 is 11.6 Å². The molecule has 0 unspecified atom stereocenters. The lowest BCUT2D eigenvalue weighted by Gasteiger charge is -2.45. The van der Waals surface area contributed by atoms with Gasteiger partial charge < -0.3 is 19.9 Å². The van der Waals surface area contributed by atoms with Gasteiger partial charge in [-0.2, -0.15) is 5.26 Å². The van der Waals surface area contributed by atoms with E-state index in [1.807, 2.05) is 19.9 Å². The third-order valence-corrected chi connectivity index (χ3v) is 6.85. The van der Waals surface area contributed by atoms with Gasteiger partial charge in [0.05, 0.1) is 34.3 Å². The summed E-state index contributed by atoms with van der Waals surface area (Å²) in [6, 6.07) is 8.65. The van der Waals surface area contributed by atoms with E-state index in [-0.39, 0.29) is 35.5 Å². The molecular formula is C24H27ClN6O3. The van der Waals surface area contributed by atoms with Crippen LogP contribution in [0.5, 0.6) is 0 Å². The van der Waals surface area contributed by atoms with Gasteiger partial charge in [-0.3, -0.25) is 19.9 Å². The van der Waals surface area contributed by atoms with Crippen LogP contribution in [0.15, 0.2) is 30.5 Å². The van der Waals surface area contributed by atoms with Gasteiger partial charge >= 0.3 is 0 Å². The predicted octanol–water partition coefficient (Wildman–Crippen LogP) is 3.34. The van der Waals surface area contributed by atoms with Crippen molar-refractivity contribution in [3.63, 3.8) is 0 Å². The first-order chi connectivity index (χ1) is 16.1. The molecule has 9 nitrogen and oxygen atoms in total. The number of hydrogen-bond donors (Lipinski definition) is 3. The van der Waals surface area contributed by atoms with E-state index >= 15 is 0 Å². The molecule has 0 saturated carbocycles. The Hall–Kier alpha value is -3.35. The molecule has 4 rings (SSSR count). The van der Waals surface area contributed by atoms with Crippen molar-refractivity contribution in [1.29, 1.82) is 10.7 Å². The lowest BCUT2D eigenvalue weighted by Crippen LogP contribution is -2.63. The van der Waals surface area contributed by atoms with E-state index in [1.165, 1.54) is 11.0 Å². The topological polar surface area (TPSA) is 123 Å². The van der Waals surface area contributed by atoms with Crippen molar-refractivity contribution in [2.45, 2.75) is 50.8 Å². The van der Waals surface area contributed by atoms with Gasteiger partial charge in [-0.15, -0.1) is 0 Å². The summed E-state index contributed by atoms with van der Waals surface area (Å²) in [5.41, 5.74) is 0.768. The smallest absolute Gasteiger partial charge is 0.272 e. The molecule has 3 N–H and O–H groups in total.